The molecule has 2 aromatic rings. The number of aliphatic hydroxyl groups excluding tert-OH is 1. The van der Waals surface area contributed by atoms with Crippen LogP contribution in [-0.4, -0.2) is 66.6 Å². The van der Waals surface area contributed by atoms with Crippen LogP contribution in [0.2, 0.25) is 0 Å². The van der Waals surface area contributed by atoms with Crippen LogP contribution >= 0.6 is 0 Å². The molecule has 0 aromatic heterocycles. The maximum Gasteiger partial charge on any atom is 0.254 e. The molecule has 190 valence electrons. The van der Waals surface area contributed by atoms with E-state index < -0.39 is 29.7 Å². The molecule has 1 aliphatic rings. The minimum absolute atomic E-state index is 0.302. The van der Waals surface area contributed by atoms with E-state index in [1.807, 2.05) is 12.1 Å². The molecule has 36 heavy (non-hydrogen) atoms. The summed E-state index contributed by atoms with van der Waals surface area (Å²) in [7, 11) is 2.74. The van der Waals surface area contributed by atoms with Crippen molar-refractivity contribution in [3.63, 3.8) is 0 Å². The van der Waals surface area contributed by atoms with Crippen molar-refractivity contribution in [1.82, 2.24) is 10.2 Å². The Morgan fingerprint density at radius 1 is 1.08 bits per heavy atom. The maximum atomic E-state index is 13.0. The second-order valence-corrected chi connectivity index (χ2v) is 9.15. The Bertz CT molecular complexity index is 1110. The van der Waals surface area contributed by atoms with Crippen molar-refractivity contribution in [2.24, 2.45) is 0 Å². The lowest BCUT2D eigenvalue weighted by Crippen LogP contribution is -2.62. The van der Waals surface area contributed by atoms with Crippen LogP contribution in [0.15, 0.2) is 48.5 Å². The largest absolute Gasteiger partial charge is 0.388 e. The number of aliphatic hydroxyl groups is 1. The molecule has 1 aliphatic heterocycles. The highest BCUT2D eigenvalue weighted by Gasteiger charge is 2.46. The number of nitrogens with zero attached hydrogens (tertiary/aromatic N) is 1. The molecule has 1 saturated heterocycles. The van der Waals surface area contributed by atoms with E-state index in [0.29, 0.717) is 11.7 Å². The van der Waals surface area contributed by atoms with Crippen molar-refractivity contribution >= 4 is 17.6 Å². The van der Waals surface area contributed by atoms with Gasteiger partial charge in [-0.3, -0.25) is 14.4 Å². The van der Waals surface area contributed by atoms with E-state index in [2.05, 4.69) is 29.3 Å². The molecular formula is C29H34N2O5. The summed E-state index contributed by atoms with van der Waals surface area (Å²) in [6.07, 6.45) is 6.04. The average Bonchev–Trinajstić information content (AvgIpc) is 3.44. The molecular weight excluding hydrogens is 456 g/mol. The molecule has 1 unspecified atom stereocenters. The van der Waals surface area contributed by atoms with Gasteiger partial charge in [-0.05, 0) is 81.0 Å². The van der Waals surface area contributed by atoms with Gasteiger partial charge in [0.25, 0.3) is 11.8 Å². The topological polar surface area (TPSA) is 95.9 Å². The lowest BCUT2D eigenvalue weighted by molar-refractivity contribution is -0.143. The number of carbonyl (C=O) groups is 3. The van der Waals surface area contributed by atoms with Gasteiger partial charge in [-0.25, -0.2) is 0 Å². The van der Waals surface area contributed by atoms with Gasteiger partial charge in [0.05, 0.1) is 6.10 Å². The number of ether oxygens (including phenoxy) is 1. The molecule has 1 fully saturated rings. The van der Waals surface area contributed by atoms with Gasteiger partial charge < -0.3 is 20.1 Å². The SMILES string of the molecule is CNC(=O)[C@@](C)(C(=O)CO)N(C)C(=O)c1ccc(C#Cc2ccc(CCCC3CCCO3)cc2)cc1. The molecule has 0 bridgehead atoms. The maximum absolute atomic E-state index is 13.0. The van der Waals surface area contributed by atoms with Gasteiger partial charge >= 0.3 is 0 Å². The van der Waals surface area contributed by atoms with Crippen LogP contribution in [0.1, 0.15) is 59.7 Å². The number of aryl methyl sites for hydroxylation is 1. The number of carbonyl (C=O) groups excluding carboxylic acids is 3. The Hall–Kier alpha value is -3.47. The summed E-state index contributed by atoms with van der Waals surface area (Å²) in [5.41, 5.74) is 1.40. The van der Waals surface area contributed by atoms with Crippen molar-refractivity contribution in [3.8, 4) is 11.8 Å². The average molecular weight is 491 g/mol. The van der Waals surface area contributed by atoms with Gasteiger partial charge in [0, 0.05) is 37.4 Å². The second kappa shape index (κ2) is 12.5. The van der Waals surface area contributed by atoms with Gasteiger partial charge in [0.15, 0.2) is 11.3 Å². The van der Waals surface area contributed by atoms with E-state index in [1.165, 1.54) is 39.4 Å². The molecule has 0 radical (unpaired) electrons. The number of ketones is 1. The zero-order valence-electron chi connectivity index (χ0n) is 21.2. The Balaban J connectivity index is 1.61. The fraction of sp³-hybridized carbons (Fsp3) is 0.414. The summed E-state index contributed by atoms with van der Waals surface area (Å²) in [4.78, 5) is 38.7. The van der Waals surface area contributed by atoms with E-state index in [4.69, 9.17) is 4.74 Å². The minimum atomic E-state index is -1.82. The van der Waals surface area contributed by atoms with Crippen LogP contribution in [0.5, 0.6) is 0 Å². The number of hydrogen-bond acceptors (Lipinski definition) is 5. The minimum Gasteiger partial charge on any atom is -0.388 e. The molecule has 2 N–H and O–H groups in total. The molecule has 0 aliphatic carbocycles. The first-order valence-electron chi connectivity index (χ1n) is 12.3. The van der Waals surface area contributed by atoms with Crippen LogP contribution in [0, 0.1) is 11.8 Å². The Labute approximate surface area is 212 Å². The molecule has 2 amide bonds. The van der Waals surface area contributed by atoms with Crippen molar-refractivity contribution in [3.05, 3.63) is 70.8 Å². The number of Topliss-reactive ketones (excluding diaryl/α,β-unsaturated/α-hetero) is 1. The van der Waals surface area contributed by atoms with Crippen molar-refractivity contribution in [2.45, 2.75) is 50.7 Å². The van der Waals surface area contributed by atoms with Crippen LogP contribution in [0.4, 0.5) is 0 Å². The summed E-state index contributed by atoms with van der Waals surface area (Å²) < 4.78 is 5.68. The highest BCUT2D eigenvalue weighted by Crippen LogP contribution is 2.20. The molecule has 2 atom stereocenters. The molecule has 0 spiro atoms. The van der Waals surface area contributed by atoms with Crippen LogP contribution in [0.25, 0.3) is 0 Å². The lowest BCUT2D eigenvalue weighted by Gasteiger charge is -2.35. The van der Waals surface area contributed by atoms with E-state index in [1.54, 1.807) is 24.3 Å². The van der Waals surface area contributed by atoms with Gasteiger partial charge in [0.1, 0.15) is 6.61 Å². The van der Waals surface area contributed by atoms with Crippen LogP contribution < -0.4 is 5.32 Å². The molecule has 7 nitrogen and oxygen atoms in total. The third kappa shape index (κ3) is 6.39. The zero-order chi connectivity index (χ0) is 26.1. The third-order valence-corrected chi connectivity index (χ3v) is 6.78. The highest BCUT2D eigenvalue weighted by molar-refractivity contribution is 6.14. The summed E-state index contributed by atoms with van der Waals surface area (Å²) in [5, 5.41) is 11.7. The first kappa shape index (κ1) is 27.1. The molecule has 2 aromatic carbocycles. The number of nitrogens with one attached hydrogen (secondary N) is 1. The first-order valence-corrected chi connectivity index (χ1v) is 12.3. The predicted octanol–water partition coefficient (Wildman–Crippen LogP) is 2.73. The smallest absolute Gasteiger partial charge is 0.254 e. The van der Waals surface area contributed by atoms with Gasteiger partial charge in [0.2, 0.25) is 0 Å². The highest BCUT2D eigenvalue weighted by atomic mass is 16.5. The van der Waals surface area contributed by atoms with E-state index in [0.717, 1.165) is 41.9 Å². The number of likely N-dealkylation sites (N-methyl/N-ethyl adjacent to an activating group) is 2. The second-order valence-electron chi connectivity index (χ2n) is 9.15. The van der Waals surface area contributed by atoms with E-state index in [9.17, 15) is 19.5 Å². The van der Waals surface area contributed by atoms with Crippen molar-refractivity contribution in [1.29, 1.82) is 0 Å². The molecule has 1 heterocycles. The number of benzene rings is 2. The zero-order valence-corrected chi connectivity index (χ0v) is 21.2. The van der Waals surface area contributed by atoms with Crippen molar-refractivity contribution < 1.29 is 24.2 Å². The van der Waals surface area contributed by atoms with Gasteiger partial charge in [-0.15, -0.1) is 0 Å². The number of rotatable bonds is 9. The quantitative estimate of drug-likeness (QED) is 0.416. The Morgan fingerprint density at radius 3 is 2.22 bits per heavy atom. The lowest BCUT2D eigenvalue weighted by atomic mass is 9.92. The van der Waals surface area contributed by atoms with E-state index >= 15 is 0 Å². The third-order valence-electron chi connectivity index (χ3n) is 6.78. The molecule has 7 heteroatoms. The van der Waals surface area contributed by atoms with Crippen LogP contribution in [0.3, 0.4) is 0 Å². The monoisotopic (exact) mass is 490 g/mol. The summed E-state index contributed by atoms with van der Waals surface area (Å²) >= 11 is 0. The van der Waals surface area contributed by atoms with E-state index in [-0.39, 0.29) is 0 Å². The summed E-state index contributed by atoms with van der Waals surface area (Å²) in [6, 6.07) is 14.9. The summed E-state index contributed by atoms with van der Waals surface area (Å²) in [5.74, 6) is 4.28. The fourth-order valence-corrected chi connectivity index (χ4v) is 4.26. The fourth-order valence-electron chi connectivity index (χ4n) is 4.26. The van der Waals surface area contributed by atoms with Gasteiger partial charge in [-0.2, -0.15) is 0 Å². The Kier molecular flexibility index (Phi) is 9.40. The normalized spacial score (nSPS) is 16.4. The summed E-state index contributed by atoms with van der Waals surface area (Å²) in [6.45, 7) is 1.36. The first-order chi connectivity index (χ1) is 17.3. The van der Waals surface area contributed by atoms with Crippen LogP contribution in [-0.2, 0) is 20.7 Å². The number of hydrogen-bond donors (Lipinski definition) is 2. The standard InChI is InChI=1S/C29H34N2O5/c1-29(26(33)20-32,28(35)30-2)31(3)27(34)24-17-15-23(16-18-24)14-13-22-11-9-21(10-12-22)6-4-7-25-8-5-19-36-25/h9-12,15-18,25,32H,4-8,19-20H2,1-3H3,(H,30,35)/t25?,29-/m1/s1. The van der Waals surface area contributed by atoms with Gasteiger partial charge in [-0.1, -0.05) is 24.0 Å². The molecule has 0 saturated carbocycles. The molecule has 3 rings (SSSR count). The predicted molar refractivity (Wildman–Crippen MR) is 137 cm³/mol. The Morgan fingerprint density at radius 2 is 1.69 bits per heavy atom. The number of amides is 2. The van der Waals surface area contributed by atoms with Crippen molar-refractivity contribution in [2.75, 3.05) is 27.3 Å².